The number of carbonyl (C=O) groups is 3. The fourth-order valence-electron chi connectivity index (χ4n) is 7.00. The van der Waals surface area contributed by atoms with Crippen LogP contribution in [-0.4, -0.2) is 41.1 Å². The quantitative estimate of drug-likeness (QED) is 0.712. The molecule has 0 aliphatic heterocycles. The molecule has 0 saturated heterocycles. The summed E-state index contributed by atoms with van der Waals surface area (Å²) in [6.07, 6.45) is 4.96. The van der Waals surface area contributed by atoms with E-state index in [1.165, 1.54) is 13.8 Å². The van der Waals surface area contributed by atoms with Crippen molar-refractivity contribution >= 4 is 17.7 Å². The zero-order chi connectivity index (χ0) is 21.1. The van der Waals surface area contributed by atoms with Gasteiger partial charge in [-0.1, -0.05) is 19.4 Å². The summed E-state index contributed by atoms with van der Waals surface area (Å²) in [6, 6.07) is 0. The van der Waals surface area contributed by atoms with Gasteiger partial charge in [0.05, 0.1) is 6.10 Å². The van der Waals surface area contributed by atoms with E-state index < -0.39 is 17.6 Å². The topological polar surface area (TPSA) is 89.9 Å². The minimum Gasteiger partial charge on any atom is -0.462 e. The normalized spacial score (nSPS) is 46.1. The van der Waals surface area contributed by atoms with Crippen molar-refractivity contribution in [2.24, 2.45) is 28.6 Å². The molecule has 6 nitrogen and oxygen atoms in total. The first-order valence-electron chi connectivity index (χ1n) is 10.8. The minimum atomic E-state index is -0.733. The van der Waals surface area contributed by atoms with Crippen LogP contribution in [0.25, 0.3) is 0 Å². The lowest BCUT2D eigenvalue weighted by atomic mass is 9.47. The van der Waals surface area contributed by atoms with Crippen LogP contribution in [0, 0.1) is 28.6 Å². The molecular formula is C23H32O6. The second-order valence-electron chi connectivity index (χ2n) is 10.1. The SMILES string of the molecule is CC(=O)O[C@@H]1CC[C@@]2(C)C(=CC(=O)[C@H]3[C@@H]4C[C@@H](OC(C)=O)[C@H](O)[C@@]4(C)CC[C@@H]32)C1. The maximum absolute atomic E-state index is 13.3. The van der Waals surface area contributed by atoms with Gasteiger partial charge in [-0.25, -0.2) is 0 Å². The van der Waals surface area contributed by atoms with Crippen LogP contribution in [0.3, 0.4) is 0 Å². The molecule has 1 N–H and O–H groups in total. The largest absolute Gasteiger partial charge is 0.462 e. The van der Waals surface area contributed by atoms with Crippen LogP contribution < -0.4 is 0 Å². The van der Waals surface area contributed by atoms with Crippen LogP contribution in [0.5, 0.6) is 0 Å². The van der Waals surface area contributed by atoms with Crippen molar-refractivity contribution in [1.82, 2.24) is 0 Å². The molecule has 4 rings (SSSR count). The molecule has 0 aromatic carbocycles. The fourth-order valence-corrected chi connectivity index (χ4v) is 7.00. The van der Waals surface area contributed by atoms with Crippen LogP contribution in [0.4, 0.5) is 0 Å². The average molecular weight is 405 g/mol. The van der Waals surface area contributed by atoms with E-state index in [0.29, 0.717) is 12.8 Å². The second kappa shape index (κ2) is 6.93. The Labute approximate surface area is 172 Å². The number of ketones is 1. The predicted molar refractivity (Wildman–Crippen MR) is 105 cm³/mol. The maximum atomic E-state index is 13.3. The van der Waals surface area contributed by atoms with Gasteiger partial charge >= 0.3 is 11.9 Å². The molecule has 0 unspecified atom stereocenters. The van der Waals surface area contributed by atoms with Crippen molar-refractivity contribution in [3.05, 3.63) is 11.6 Å². The van der Waals surface area contributed by atoms with E-state index >= 15 is 0 Å². The van der Waals surface area contributed by atoms with E-state index in [4.69, 9.17) is 9.47 Å². The highest BCUT2D eigenvalue weighted by molar-refractivity contribution is 5.94. The second-order valence-corrected chi connectivity index (χ2v) is 10.1. The molecule has 3 saturated carbocycles. The highest BCUT2D eigenvalue weighted by atomic mass is 16.6. The molecular weight excluding hydrogens is 372 g/mol. The summed E-state index contributed by atoms with van der Waals surface area (Å²) in [7, 11) is 0. The van der Waals surface area contributed by atoms with Gasteiger partial charge in [0.2, 0.25) is 0 Å². The van der Waals surface area contributed by atoms with E-state index in [1.54, 1.807) is 6.08 Å². The molecule has 3 fully saturated rings. The third kappa shape index (κ3) is 3.15. The summed E-state index contributed by atoms with van der Waals surface area (Å²) in [5, 5.41) is 10.9. The molecule has 0 heterocycles. The lowest BCUT2D eigenvalue weighted by Crippen LogP contribution is -2.54. The Kier molecular flexibility index (Phi) is 4.92. The molecule has 4 aliphatic rings. The number of allylic oxidation sites excluding steroid dienone is 1. The smallest absolute Gasteiger partial charge is 0.302 e. The van der Waals surface area contributed by atoms with Gasteiger partial charge in [0.15, 0.2) is 5.78 Å². The number of aliphatic hydroxyl groups is 1. The predicted octanol–water partition coefficient (Wildman–Crippen LogP) is 2.96. The monoisotopic (exact) mass is 404 g/mol. The highest BCUT2D eigenvalue weighted by Crippen LogP contribution is 2.64. The van der Waals surface area contributed by atoms with E-state index in [-0.39, 0.29) is 47.0 Å². The van der Waals surface area contributed by atoms with Crippen molar-refractivity contribution in [1.29, 1.82) is 0 Å². The van der Waals surface area contributed by atoms with Crippen LogP contribution in [-0.2, 0) is 23.9 Å². The van der Waals surface area contributed by atoms with Crippen molar-refractivity contribution in [2.45, 2.75) is 84.5 Å². The van der Waals surface area contributed by atoms with E-state index in [0.717, 1.165) is 31.3 Å². The minimum absolute atomic E-state index is 0.00826. The molecule has 0 radical (unpaired) electrons. The third-order valence-corrected chi connectivity index (χ3v) is 8.50. The molecule has 0 spiro atoms. The number of hydrogen-bond donors (Lipinski definition) is 1. The summed E-state index contributed by atoms with van der Waals surface area (Å²) in [5.41, 5.74) is 0.620. The highest BCUT2D eigenvalue weighted by Gasteiger charge is 2.63. The number of carbonyl (C=O) groups excluding carboxylic acids is 3. The Bertz CT molecular complexity index is 771. The van der Waals surface area contributed by atoms with Gasteiger partial charge in [-0.05, 0) is 55.4 Å². The summed E-state index contributed by atoms with van der Waals surface area (Å²) in [5.74, 6) is -0.464. The maximum Gasteiger partial charge on any atom is 0.302 e. The Morgan fingerprint density at radius 3 is 2.41 bits per heavy atom. The first kappa shape index (κ1) is 20.6. The van der Waals surface area contributed by atoms with E-state index in [9.17, 15) is 19.5 Å². The number of rotatable bonds is 2. The molecule has 6 heteroatoms. The summed E-state index contributed by atoms with van der Waals surface area (Å²) < 4.78 is 10.8. The van der Waals surface area contributed by atoms with Gasteiger partial charge in [0, 0.05) is 31.6 Å². The van der Waals surface area contributed by atoms with Gasteiger partial charge in [0.25, 0.3) is 0 Å². The number of fused-ring (bicyclic) bond motifs is 5. The average Bonchev–Trinajstić information content (AvgIpc) is 2.87. The van der Waals surface area contributed by atoms with Crippen LogP contribution in [0.1, 0.15) is 66.2 Å². The molecule has 4 aliphatic carbocycles. The van der Waals surface area contributed by atoms with Gasteiger partial charge in [-0.15, -0.1) is 0 Å². The van der Waals surface area contributed by atoms with Gasteiger partial charge in [-0.2, -0.15) is 0 Å². The number of esters is 2. The van der Waals surface area contributed by atoms with Crippen molar-refractivity contribution in [3.8, 4) is 0 Å². The number of ether oxygens (including phenoxy) is 2. The molecule has 0 aromatic heterocycles. The fraction of sp³-hybridized carbons (Fsp3) is 0.783. The Hall–Kier alpha value is -1.69. The molecule has 29 heavy (non-hydrogen) atoms. The Morgan fingerprint density at radius 1 is 1.07 bits per heavy atom. The first-order chi connectivity index (χ1) is 13.6. The number of aliphatic hydroxyl groups excluding tert-OH is 1. The molecule has 0 aromatic rings. The zero-order valence-corrected chi connectivity index (χ0v) is 17.8. The molecule has 0 bridgehead atoms. The van der Waals surface area contributed by atoms with Crippen LogP contribution >= 0.6 is 0 Å². The molecule has 8 atom stereocenters. The van der Waals surface area contributed by atoms with E-state index in [2.05, 4.69) is 13.8 Å². The molecule has 0 amide bonds. The van der Waals surface area contributed by atoms with E-state index in [1.807, 2.05) is 0 Å². The van der Waals surface area contributed by atoms with Gasteiger partial charge in [-0.3, -0.25) is 14.4 Å². The Morgan fingerprint density at radius 2 is 1.76 bits per heavy atom. The summed E-state index contributed by atoms with van der Waals surface area (Å²) in [4.78, 5) is 36.2. The third-order valence-electron chi connectivity index (χ3n) is 8.50. The standard InChI is InChI=1S/C23H32O6/c1-12(24)28-15-5-7-22(3)14(9-15)10-18(26)20-16(22)6-8-23(4)17(20)11-19(21(23)27)29-13(2)25/h10,15-17,19-21,27H,5-9,11H2,1-4H3/t15-,16+,17+,19-,20-,21+,22+,23+/m1/s1. The first-order valence-corrected chi connectivity index (χ1v) is 10.8. The Balaban J connectivity index is 1.64. The molecule has 160 valence electrons. The summed E-state index contributed by atoms with van der Waals surface area (Å²) >= 11 is 0. The van der Waals surface area contributed by atoms with Crippen molar-refractivity contribution in [3.63, 3.8) is 0 Å². The van der Waals surface area contributed by atoms with Crippen molar-refractivity contribution in [2.75, 3.05) is 0 Å². The zero-order valence-electron chi connectivity index (χ0n) is 17.8. The van der Waals surface area contributed by atoms with Gasteiger partial charge < -0.3 is 14.6 Å². The van der Waals surface area contributed by atoms with Crippen LogP contribution in [0.2, 0.25) is 0 Å². The van der Waals surface area contributed by atoms with Gasteiger partial charge in [0.1, 0.15) is 12.2 Å². The lowest BCUT2D eigenvalue weighted by molar-refractivity contribution is -0.154. The number of hydrogen-bond acceptors (Lipinski definition) is 6. The van der Waals surface area contributed by atoms with Crippen molar-refractivity contribution < 1.29 is 29.0 Å². The van der Waals surface area contributed by atoms with Crippen LogP contribution in [0.15, 0.2) is 11.6 Å². The summed E-state index contributed by atoms with van der Waals surface area (Å²) in [6.45, 7) is 7.10. The lowest BCUT2D eigenvalue weighted by Gasteiger charge is -2.56.